The molecule has 6 nitrogen and oxygen atoms in total. The first-order chi connectivity index (χ1) is 13.5. The molecule has 3 aliphatic carbocycles. The lowest BCUT2D eigenvalue weighted by atomic mass is 9.53. The molecule has 4 unspecified atom stereocenters. The van der Waals surface area contributed by atoms with Crippen molar-refractivity contribution in [2.75, 3.05) is 13.1 Å². The van der Waals surface area contributed by atoms with Crippen LogP contribution in [0.4, 0.5) is 0 Å². The van der Waals surface area contributed by atoms with E-state index < -0.39 is 23.0 Å². The van der Waals surface area contributed by atoms with Gasteiger partial charge in [0.1, 0.15) is 5.75 Å². The fourth-order valence-electron chi connectivity index (χ4n) is 6.72. The number of aliphatic hydroxyl groups is 1. The largest absolute Gasteiger partial charge is 0.480 e. The second-order valence-corrected chi connectivity index (χ2v) is 9.44. The Bertz CT molecular complexity index is 910. The van der Waals surface area contributed by atoms with Gasteiger partial charge in [0.25, 0.3) is 5.91 Å². The van der Waals surface area contributed by atoms with E-state index in [0.717, 1.165) is 43.0 Å². The molecule has 148 valence electrons. The molecule has 1 aromatic rings. The zero-order chi connectivity index (χ0) is 19.3. The Labute approximate surface area is 164 Å². The van der Waals surface area contributed by atoms with Gasteiger partial charge in [-0.1, -0.05) is 6.07 Å². The molecule has 28 heavy (non-hydrogen) atoms. The number of hydrogen-bond acceptors (Lipinski definition) is 5. The molecule has 3 N–H and O–H groups in total. The van der Waals surface area contributed by atoms with E-state index in [1.165, 1.54) is 12.8 Å². The predicted octanol–water partition coefficient (Wildman–Crippen LogP) is 1.31. The number of benzene rings is 1. The number of ketones is 1. The predicted molar refractivity (Wildman–Crippen MR) is 101 cm³/mol. The number of primary amides is 1. The number of carbonyl (C=O) groups is 2. The van der Waals surface area contributed by atoms with Gasteiger partial charge in [-0.3, -0.25) is 14.5 Å². The van der Waals surface area contributed by atoms with Crippen molar-refractivity contribution in [3.8, 4) is 5.75 Å². The lowest BCUT2D eigenvalue weighted by Gasteiger charge is -2.59. The fourth-order valence-corrected chi connectivity index (χ4v) is 6.72. The summed E-state index contributed by atoms with van der Waals surface area (Å²) >= 11 is 0. The average molecular weight is 382 g/mol. The maximum Gasteiger partial charge on any atom is 0.252 e. The van der Waals surface area contributed by atoms with Gasteiger partial charge < -0.3 is 15.6 Å². The number of rotatable bonds is 3. The Kier molecular flexibility index (Phi) is 3.25. The van der Waals surface area contributed by atoms with Gasteiger partial charge in [0, 0.05) is 24.6 Å². The SMILES string of the molecule is NC(=O)c1ccc2c3c1OC1C(=O)CCC4(O)C(CC2)N(CC2CC2)CCC314. The van der Waals surface area contributed by atoms with Crippen molar-refractivity contribution in [2.45, 2.75) is 68.1 Å². The zero-order valence-corrected chi connectivity index (χ0v) is 15.9. The van der Waals surface area contributed by atoms with Crippen LogP contribution in [0.2, 0.25) is 0 Å². The van der Waals surface area contributed by atoms with Crippen LogP contribution >= 0.6 is 0 Å². The first kappa shape index (κ1) is 17.0. The zero-order valence-electron chi connectivity index (χ0n) is 15.9. The highest BCUT2D eigenvalue weighted by Crippen LogP contribution is 2.63. The highest BCUT2D eigenvalue weighted by Gasteiger charge is 2.72. The number of nitrogens with zero attached hydrogens (tertiary/aromatic N) is 1. The molecule has 2 saturated carbocycles. The number of Topliss-reactive ketones (excluding diaryl/α,β-unsaturated/α-hetero) is 1. The molecule has 1 saturated heterocycles. The summed E-state index contributed by atoms with van der Waals surface area (Å²) in [5, 5.41) is 12.3. The Morgan fingerprint density at radius 1 is 1.25 bits per heavy atom. The van der Waals surface area contributed by atoms with Crippen LogP contribution in [-0.2, 0) is 16.6 Å². The van der Waals surface area contributed by atoms with E-state index in [9.17, 15) is 14.7 Å². The summed E-state index contributed by atoms with van der Waals surface area (Å²) in [4.78, 5) is 27.5. The van der Waals surface area contributed by atoms with Crippen LogP contribution in [0.15, 0.2) is 12.1 Å². The van der Waals surface area contributed by atoms with Gasteiger partial charge in [-0.25, -0.2) is 0 Å². The van der Waals surface area contributed by atoms with Crippen LogP contribution in [-0.4, -0.2) is 52.5 Å². The van der Waals surface area contributed by atoms with Gasteiger partial charge in [0.05, 0.1) is 16.6 Å². The normalized spacial score (nSPS) is 38.5. The molecule has 6 rings (SSSR count). The van der Waals surface area contributed by atoms with Gasteiger partial charge in [-0.15, -0.1) is 0 Å². The summed E-state index contributed by atoms with van der Waals surface area (Å²) in [5.74, 6) is 0.704. The van der Waals surface area contributed by atoms with E-state index in [2.05, 4.69) is 4.90 Å². The maximum atomic E-state index is 13.0. The minimum absolute atomic E-state index is 0.0245. The van der Waals surface area contributed by atoms with E-state index in [4.69, 9.17) is 10.5 Å². The van der Waals surface area contributed by atoms with Crippen LogP contribution in [0, 0.1) is 5.92 Å². The number of nitrogens with two attached hydrogens (primary N) is 1. The van der Waals surface area contributed by atoms with E-state index in [0.29, 0.717) is 30.6 Å². The second kappa shape index (κ2) is 5.36. The summed E-state index contributed by atoms with van der Waals surface area (Å²) in [6.07, 6.45) is 5.03. The van der Waals surface area contributed by atoms with Crippen molar-refractivity contribution in [2.24, 2.45) is 11.7 Å². The number of amides is 1. The third kappa shape index (κ3) is 1.90. The van der Waals surface area contributed by atoms with Crippen molar-refractivity contribution >= 4 is 11.7 Å². The Hall–Kier alpha value is -1.92. The van der Waals surface area contributed by atoms with Crippen LogP contribution in [0.5, 0.6) is 5.75 Å². The number of hydrogen-bond donors (Lipinski definition) is 2. The average Bonchev–Trinajstić information content (AvgIpc) is 3.41. The maximum absolute atomic E-state index is 13.0. The molecule has 2 aliphatic heterocycles. The molecule has 1 aromatic carbocycles. The monoisotopic (exact) mass is 382 g/mol. The van der Waals surface area contributed by atoms with Crippen LogP contribution in [0.3, 0.4) is 0 Å². The molecule has 1 spiro atoms. The van der Waals surface area contributed by atoms with Gasteiger partial charge >= 0.3 is 0 Å². The summed E-state index contributed by atoms with van der Waals surface area (Å²) in [5.41, 5.74) is 6.20. The smallest absolute Gasteiger partial charge is 0.252 e. The van der Waals surface area contributed by atoms with Gasteiger partial charge in [-0.05, 0) is 62.6 Å². The van der Waals surface area contributed by atoms with E-state index in [1.807, 2.05) is 6.07 Å². The van der Waals surface area contributed by atoms with Crippen molar-refractivity contribution in [1.29, 1.82) is 0 Å². The first-order valence-corrected chi connectivity index (χ1v) is 10.6. The summed E-state index contributed by atoms with van der Waals surface area (Å²) in [6, 6.07) is 3.72. The highest BCUT2D eigenvalue weighted by molar-refractivity contribution is 5.98. The third-order valence-corrected chi connectivity index (χ3v) is 8.12. The highest BCUT2D eigenvalue weighted by atomic mass is 16.5. The molecule has 5 aliphatic rings. The minimum atomic E-state index is -1.01. The molecular weight excluding hydrogens is 356 g/mol. The van der Waals surface area contributed by atoms with E-state index in [-0.39, 0.29) is 11.8 Å². The van der Waals surface area contributed by atoms with Crippen LogP contribution < -0.4 is 10.5 Å². The topological polar surface area (TPSA) is 92.9 Å². The number of ether oxygens (including phenoxy) is 1. The molecule has 2 bridgehead atoms. The van der Waals surface area contributed by atoms with Crippen molar-refractivity contribution in [3.05, 3.63) is 28.8 Å². The van der Waals surface area contributed by atoms with Crippen LogP contribution in [0.1, 0.15) is 60.0 Å². The number of carbonyl (C=O) groups excluding carboxylic acids is 2. The first-order valence-electron chi connectivity index (χ1n) is 10.6. The molecule has 2 heterocycles. The Morgan fingerprint density at radius 3 is 2.82 bits per heavy atom. The lowest BCUT2D eigenvalue weighted by molar-refractivity contribution is -0.184. The fraction of sp³-hybridized carbons (Fsp3) is 0.636. The van der Waals surface area contributed by atoms with Crippen molar-refractivity contribution in [3.63, 3.8) is 0 Å². The quantitative estimate of drug-likeness (QED) is 0.822. The Balaban J connectivity index is 1.58. The molecular formula is C22H26N2O4. The lowest BCUT2D eigenvalue weighted by Crippen LogP contribution is -2.74. The summed E-state index contributed by atoms with van der Waals surface area (Å²) in [6.45, 7) is 1.90. The second-order valence-electron chi connectivity index (χ2n) is 9.44. The minimum Gasteiger partial charge on any atom is -0.480 e. The number of aryl methyl sites for hydroxylation is 1. The van der Waals surface area contributed by atoms with Gasteiger partial charge in [-0.2, -0.15) is 0 Å². The molecule has 6 heteroatoms. The van der Waals surface area contributed by atoms with Crippen molar-refractivity contribution in [1.82, 2.24) is 4.90 Å². The number of piperidine rings is 1. The molecule has 1 amide bonds. The molecule has 4 atom stereocenters. The van der Waals surface area contributed by atoms with Crippen molar-refractivity contribution < 1.29 is 19.4 Å². The number of likely N-dealkylation sites (tertiary alicyclic amines) is 1. The molecule has 3 fully saturated rings. The summed E-state index contributed by atoms with van der Waals surface area (Å²) in [7, 11) is 0. The van der Waals surface area contributed by atoms with Gasteiger partial charge in [0.2, 0.25) is 0 Å². The van der Waals surface area contributed by atoms with E-state index >= 15 is 0 Å². The van der Waals surface area contributed by atoms with Crippen LogP contribution in [0.25, 0.3) is 0 Å². The molecule has 0 radical (unpaired) electrons. The summed E-state index contributed by atoms with van der Waals surface area (Å²) < 4.78 is 6.20. The van der Waals surface area contributed by atoms with E-state index in [1.54, 1.807) is 6.07 Å². The van der Waals surface area contributed by atoms with Gasteiger partial charge in [0.15, 0.2) is 11.9 Å². The third-order valence-electron chi connectivity index (χ3n) is 8.12. The molecule has 0 aromatic heterocycles. The Morgan fingerprint density at radius 2 is 2.07 bits per heavy atom. The standard InChI is InChI=1S/C22H26N2O4/c23-20(26)14-5-3-13-4-6-16-22(27)8-7-15(25)19-21(22,17(13)18(14)28-19)9-10-24(16)11-12-1-2-12/h3,5,12,16,19,27H,1-2,4,6-11H2,(H2,23,26).